The van der Waals surface area contributed by atoms with Crippen LogP contribution in [0.3, 0.4) is 0 Å². The quantitative estimate of drug-likeness (QED) is 0.822. The average molecular weight is 377 g/mol. The van der Waals surface area contributed by atoms with Gasteiger partial charge in [0, 0.05) is 18.7 Å². The van der Waals surface area contributed by atoms with Crippen molar-refractivity contribution in [2.45, 2.75) is 19.1 Å². The predicted molar refractivity (Wildman–Crippen MR) is 93.3 cm³/mol. The third kappa shape index (κ3) is 4.31. The molecule has 0 radical (unpaired) electrons. The van der Waals surface area contributed by atoms with Gasteiger partial charge < -0.3 is 14.7 Å². The Bertz CT molecular complexity index is 860. The molecular formula is C20H18F3NO3. The molecule has 1 aliphatic heterocycles. The minimum atomic E-state index is -4.39. The van der Waals surface area contributed by atoms with Crippen LogP contribution in [-0.4, -0.2) is 29.1 Å². The third-order valence-electron chi connectivity index (χ3n) is 4.39. The maximum absolute atomic E-state index is 12.6. The van der Waals surface area contributed by atoms with Gasteiger partial charge in [-0.2, -0.15) is 13.2 Å². The molecule has 0 atom stereocenters. The first kappa shape index (κ1) is 19.0. The number of fused-ring (bicyclic) bond motifs is 1. The molecule has 1 N–H and O–H groups in total. The van der Waals surface area contributed by atoms with Crippen LogP contribution >= 0.6 is 0 Å². The van der Waals surface area contributed by atoms with Gasteiger partial charge in [-0.15, -0.1) is 0 Å². The molecule has 4 nitrogen and oxygen atoms in total. The zero-order valence-electron chi connectivity index (χ0n) is 14.4. The van der Waals surface area contributed by atoms with Crippen molar-refractivity contribution < 1.29 is 27.8 Å². The van der Waals surface area contributed by atoms with Gasteiger partial charge in [0.15, 0.2) is 0 Å². The number of halogens is 3. The van der Waals surface area contributed by atoms with E-state index in [4.69, 9.17) is 9.84 Å². The zero-order chi connectivity index (χ0) is 19.6. The molecule has 1 heterocycles. The molecule has 0 bridgehead atoms. The van der Waals surface area contributed by atoms with Crippen molar-refractivity contribution in [1.29, 1.82) is 0 Å². The number of hydrogen-bond acceptors (Lipinski definition) is 3. The van der Waals surface area contributed by atoms with Crippen LogP contribution in [0.2, 0.25) is 0 Å². The fraction of sp³-hybridized carbons (Fsp3) is 0.250. The maximum Gasteiger partial charge on any atom is 0.416 e. The highest BCUT2D eigenvalue weighted by Crippen LogP contribution is 2.32. The van der Waals surface area contributed by atoms with Crippen LogP contribution in [0.5, 0.6) is 11.5 Å². The zero-order valence-corrected chi connectivity index (χ0v) is 14.4. The van der Waals surface area contributed by atoms with E-state index in [0.29, 0.717) is 31.0 Å². The summed E-state index contributed by atoms with van der Waals surface area (Å²) in [5, 5.41) is 9.07. The highest BCUT2D eigenvalue weighted by molar-refractivity contribution is 5.93. The molecule has 142 valence electrons. The molecular weight excluding hydrogens is 359 g/mol. The molecule has 0 saturated carbocycles. The van der Waals surface area contributed by atoms with E-state index in [2.05, 4.69) is 6.58 Å². The summed E-state index contributed by atoms with van der Waals surface area (Å²) in [6, 6.07) is 9.88. The summed E-state index contributed by atoms with van der Waals surface area (Å²) in [6.07, 6.45) is -3.72. The number of ether oxygens (including phenoxy) is 1. The van der Waals surface area contributed by atoms with E-state index in [1.165, 1.54) is 12.1 Å². The average Bonchev–Trinajstić information content (AvgIpc) is 2.66. The number of carbonyl (C=O) groups is 1. The lowest BCUT2D eigenvalue weighted by molar-refractivity contribution is -0.137. The van der Waals surface area contributed by atoms with Gasteiger partial charge >= 0.3 is 6.18 Å². The molecule has 0 saturated heterocycles. The van der Waals surface area contributed by atoms with E-state index >= 15 is 0 Å². The fourth-order valence-electron chi connectivity index (χ4n) is 2.91. The Morgan fingerprint density at radius 1 is 1.11 bits per heavy atom. The minimum Gasteiger partial charge on any atom is -0.457 e. The van der Waals surface area contributed by atoms with Crippen LogP contribution in [-0.2, 0) is 23.9 Å². The standard InChI is InChI=1S/C20H18F3NO3/c1-13(12-25)19(26)24-9-8-14-2-5-18(10-15(14)11-24)27-17-6-3-16(4-7-17)20(21,22)23/h2-7,10,25H,1,8-9,11-12H2. The molecule has 0 aliphatic carbocycles. The van der Waals surface area contributed by atoms with Gasteiger partial charge in [0.25, 0.3) is 5.91 Å². The third-order valence-corrected chi connectivity index (χ3v) is 4.39. The van der Waals surface area contributed by atoms with Crippen LogP contribution in [0.1, 0.15) is 16.7 Å². The molecule has 1 aliphatic rings. The number of amides is 1. The minimum absolute atomic E-state index is 0.135. The number of carbonyl (C=O) groups excluding carboxylic acids is 1. The summed E-state index contributed by atoms with van der Waals surface area (Å²) in [7, 11) is 0. The number of benzene rings is 2. The summed E-state index contributed by atoms with van der Waals surface area (Å²) in [4.78, 5) is 13.8. The lowest BCUT2D eigenvalue weighted by Gasteiger charge is -2.29. The number of aliphatic hydroxyl groups excluding tert-OH is 1. The van der Waals surface area contributed by atoms with Crippen LogP contribution in [0.15, 0.2) is 54.6 Å². The maximum atomic E-state index is 12.6. The Morgan fingerprint density at radius 3 is 2.41 bits per heavy atom. The summed E-state index contributed by atoms with van der Waals surface area (Å²) >= 11 is 0. The van der Waals surface area contributed by atoms with Crippen molar-refractivity contribution in [1.82, 2.24) is 4.90 Å². The molecule has 2 aromatic carbocycles. The van der Waals surface area contributed by atoms with E-state index in [0.717, 1.165) is 23.3 Å². The number of aliphatic hydroxyl groups is 1. The summed E-state index contributed by atoms with van der Waals surface area (Å²) in [5.74, 6) is 0.473. The van der Waals surface area contributed by atoms with Crippen molar-refractivity contribution in [3.63, 3.8) is 0 Å². The van der Waals surface area contributed by atoms with Crippen LogP contribution < -0.4 is 4.74 Å². The van der Waals surface area contributed by atoms with Gasteiger partial charge in [0.2, 0.25) is 0 Å². The largest absolute Gasteiger partial charge is 0.457 e. The smallest absolute Gasteiger partial charge is 0.416 e. The van der Waals surface area contributed by atoms with E-state index in [-0.39, 0.29) is 18.1 Å². The van der Waals surface area contributed by atoms with Gasteiger partial charge in [0.05, 0.1) is 12.2 Å². The molecule has 0 aromatic heterocycles. The monoisotopic (exact) mass is 377 g/mol. The van der Waals surface area contributed by atoms with Crippen LogP contribution in [0.25, 0.3) is 0 Å². The van der Waals surface area contributed by atoms with Crippen molar-refractivity contribution in [2.24, 2.45) is 0 Å². The Balaban J connectivity index is 1.74. The van der Waals surface area contributed by atoms with Gasteiger partial charge in [-0.1, -0.05) is 12.6 Å². The van der Waals surface area contributed by atoms with Crippen molar-refractivity contribution in [3.8, 4) is 11.5 Å². The summed E-state index contributed by atoms with van der Waals surface area (Å²) < 4.78 is 43.5. The molecule has 7 heteroatoms. The normalized spacial score (nSPS) is 13.9. The number of nitrogens with zero attached hydrogens (tertiary/aromatic N) is 1. The second-order valence-electron chi connectivity index (χ2n) is 6.29. The number of rotatable bonds is 4. The Morgan fingerprint density at radius 2 is 1.78 bits per heavy atom. The van der Waals surface area contributed by atoms with Gasteiger partial charge in [-0.3, -0.25) is 4.79 Å². The van der Waals surface area contributed by atoms with E-state index in [9.17, 15) is 18.0 Å². The fourth-order valence-corrected chi connectivity index (χ4v) is 2.91. The van der Waals surface area contributed by atoms with Crippen molar-refractivity contribution >= 4 is 5.91 Å². The van der Waals surface area contributed by atoms with Gasteiger partial charge in [-0.05, 0) is 53.9 Å². The summed E-state index contributed by atoms with van der Waals surface area (Å²) in [6.45, 7) is 4.06. The Kier molecular flexibility index (Phi) is 5.23. The van der Waals surface area contributed by atoms with E-state index in [1.54, 1.807) is 17.0 Å². The molecule has 0 spiro atoms. The van der Waals surface area contributed by atoms with Gasteiger partial charge in [-0.25, -0.2) is 0 Å². The van der Waals surface area contributed by atoms with Gasteiger partial charge in [0.1, 0.15) is 11.5 Å². The molecule has 1 amide bonds. The lowest BCUT2D eigenvalue weighted by atomic mass is 9.99. The first-order valence-electron chi connectivity index (χ1n) is 8.33. The van der Waals surface area contributed by atoms with Crippen LogP contribution in [0.4, 0.5) is 13.2 Å². The highest BCUT2D eigenvalue weighted by atomic mass is 19.4. The molecule has 2 aromatic rings. The predicted octanol–water partition coefficient (Wildman–Crippen LogP) is 3.93. The summed E-state index contributed by atoms with van der Waals surface area (Å²) in [5.41, 5.74) is 1.37. The second-order valence-corrected chi connectivity index (χ2v) is 6.29. The molecule has 0 unspecified atom stereocenters. The Hall–Kier alpha value is -2.80. The number of hydrogen-bond donors (Lipinski definition) is 1. The topological polar surface area (TPSA) is 49.8 Å². The van der Waals surface area contributed by atoms with Crippen molar-refractivity contribution in [2.75, 3.05) is 13.2 Å². The molecule has 3 rings (SSSR count). The van der Waals surface area contributed by atoms with E-state index < -0.39 is 11.7 Å². The molecule has 27 heavy (non-hydrogen) atoms. The lowest BCUT2D eigenvalue weighted by Crippen LogP contribution is -2.37. The molecule has 0 fully saturated rings. The first-order valence-corrected chi connectivity index (χ1v) is 8.33. The number of alkyl halides is 3. The SMILES string of the molecule is C=C(CO)C(=O)N1CCc2ccc(Oc3ccc(C(F)(F)F)cc3)cc2C1. The Labute approximate surface area is 154 Å². The van der Waals surface area contributed by atoms with Crippen LogP contribution in [0, 0.1) is 0 Å². The second kappa shape index (κ2) is 7.44. The van der Waals surface area contributed by atoms with Crippen molar-refractivity contribution in [3.05, 3.63) is 71.3 Å². The van der Waals surface area contributed by atoms with E-state index in [1.807, 2.05) is 6.07 Å². The highest BCUT2D eigenvalue weighted by Gasteiger charge is 2.30. The first-order chi connectivity index (χ1) is 12.8.